The van der Waals surface area contributed by atoms with E-state index in [-0.39, 0.29) is 28.5 Å². The van der Waals surface area contributed by atoms with Crippen LogP contribution in [0.4, 0.5) is 5.69 Å². The van der Waals surface area contributed by atoms with Crippen LogP contribution < -0.4 is 37.8 Å². The van der Waals surface area contributed by atoms with Crippen LogP contribution in [-0.4, -0.2) is 23.1 Å². The van der Waals surface area contributed by atoms with Crippen LogP contribution in [0.5, 0.6) is 0 Å². The van der Waals surface area contributed by atoms with Gasteiger partial charge in [0.15, 0.2) is 5.66 Å². The minimum Gasteiger partial charge on any atom is -1.00 e. The van der Waals surface area contributed by atoms with Gasteiger partial charge in [-0.25, -0.2) is 0 Å². The molecule has 1 atom stereocenters. The molecule has 5 rings (SSSR count). The fourth-order valence-electron chi connectivity index (χ4n) is 4.77. The Bertz CT molecular complexity index is 1060. The van der Waals surface area contributed by atoms with Gasteiger partial charge in [-0.1, -0.05) is 54.6 Å². The van der Waals surface area contributed by atoms with Crippen molar-refractivity contribution in [1.82, 2.24) is 4.98 Å². The normalized spacial score (nSPS) is 15.9. The largest absolute Gasteiger partial charge is 1.00 e. The Balaban J connectivity index is 0.00000245. The van der Waals surface area contributed by atoms with Crippen LogP contribution in [0.1, 0.15) is 6.42 Å². The number of halogens is 1. The van der Waals surface area contributed by atoms with Crippen LogP contribution in [0, 0.1) is 0 Å². The van der Waals surface area contributed by atoms with Gasteiger partial charge in [0.2, 0.25) is 0 Å². The highest BCUT2D eigenvalue weighted by molar-refractivity contribution is 7.97. The summed E-state index contributed by atoms with van der Waals surface area (Å²) in [6.07, 6.45) is 4.35. The van der Waals surface area contributed by atoms with Gasteiger partial charge in [0.1, 0.15) is 23.2 Å². The molecule has 1 saturated heterocycles. The van der Waals surface area contributed by atoms with E-state index < -0.39 is 7.26 Å². The maximum Gasteiger partial charge on any atom is 0.269 e. The lowest BCUT2D eigenvalue weighted by atomic mass is 10.3. The first-order valence-corrected chi connectivity index (χ1v) is 12.4. The molecular weight excluding hydrogens is 479 g/mol. The molecule has 0 saturated carbocycles. The zero-order valence-electron chi connectivity index (χ0n) is 17.6. The van der Waals surface area contributed by atoms with Gasteiger partial charge < -0.3 is 21.9 Å². The molecule has 5 heteroatoms. The van der Waals surface area contributed by atoms with Gasteiger partial charge in [-0.05, 0) is 48.5 Å². The number of anilines is 1. The van der Waals surface area contributed by atoms with Crippen molar-refractivity contribution in [3.63, 3.8) is 0 Å². The molecule has 0 radical (unpaired) electrons. The molecule has 2 heterocycles. The summed E-state index contributed by atoms with van der Waals surface area (Å²) in [5, 5.41) is 3.75. The number of rotatable bonds is 5. The second-order valence-corrected chi connectivity index (χ2v) is 11.4. The predicted molar refractivity (Wildman–Crippen MR) is 130 cm³/mol. The van der Waals surface area contributed by atoms with Crippen molar-refractivity contribution in [1.29, 1.82) is 0 Å². The highest BCUT2D eigenvalue weighted by Gasteiger charge is 2.58. The van der Waals surface area contributed by atoms with Crippen molar-refractivity contribution >= 4 is 34.8 Å². The van der Waals surface area contributed by atoms with Crippen molar-refractivity contribution < 1.29 is 21.8 Å². The van der Waals surface area contributed by atoms with E-state index in [0.29, 0.717) is 6.54 Å². The third-order valence-corrected chi connectivity index (χ3v) is 10.8. The first kappa shape index (κ1) is 22.4. The van der Waals surface area contributed by atoms with Gasteiger partial charge in [-0.15, -0.1) is 0 Å². The molecule has 32 heavy (non-hydrogen) atoms. The SMILES string of the molecule is O=C1C([P+](c2ccccc2)(c2ccccc2)c2ccccc2)CCN1c1cccnc1.[Br-]. The molecule has 4 aromatic rings. The number of aromatic nitrogens is 1. The molecule has 0 N–H and O–H groups in total. The zero-order valence-corrected chi connectivity index (χ0v) is 20.1. The molecule has 1 aliphatic heterocycles. The van der Waals surface area contributed by atoms with E-state index in [2.05, 4.69) is 77.8 Å². The highest BCUT2D eigenvalue weighted by Crippen LogP contribution is 2.62. The third-order valence-electron chi connectivity index (χ3n) is 6.09. The van der Waals surface area contributed by atoms with Crippen LogP contribution in [0.25, 0.3) is 0 Å². The summed E-state index contributed by atoms with van der Waals surface area (Å²) in [5.41, 5.74) is 0.766. The molecule has 3 aromatic carbocycles. The number of hydrogen-bond acceptors (Lipinski definition) is 2. The standard InChI is InChI=1S/C27H24N2OP.BrH/c30-27-26(18-20-29(27)22-11-10-19-28-21-22)31(23-12-4-1-5-13-23,24-14-6-2-7-15-24)25-16-8-3-9-17-25;/h1-17,19,21,26H,18,20H2;1H/q+1;/p-1. The Labute approximate surface area is 200 Å². The van der Waals surface area contributed by atoms with Crippen molar-refractivity contribution in [3.8, 4) is 0 Å². The van der Waals surface area contributed by atoms with Gasteiger partial charge in [0.05, 0.1) is 11.9 Å². The summed E-state index contributed by atoms with van der Waals surface area (Å²) >= 11 is 0. The lowest BCUT2D eigenvalue weighted by Gasteiger charge is -2.31. The monoisotopic (exact) mass is 502 g/mol. The summed E-state index contributed by atoms with van der Waals surface area (Å²) in [4.78, 5) is 20.2. The van der Waals surface area contributed by atoms with Gasteiger partial charge in [0.25, 0.3) is 5.91 Å². The van der Waals surface area contributed by atoms with Crippen LogP contribution in [0.3, 0.4) is 0 Å². The molecule has 1 aliphatic rings. The Hall–Kier alpha value is -2.81. The Kier molecular flexibility index (Phi) is 6.83. The molecule has 1 aromatic heterocycles. The summed E-state index contributed by atoms with van der Waals surface area (Å²) < 4.78 is 0. The quantitative estimate of drug-likeness (QED) is 0.384. The number of amides is 1. The average Bonchev–Trinajstić information content (AvgIpc) is 3.24. The lowest BCUT2D eigenvalue weighted by molar-refractivity contribution is -0.116. The van der Waals surface area contributed by atoms with E-state index in [0.717, 1.165) is 12.1 Å². The van der Waals surface area contributed by atoms with E-state index in [4.69, 9.17) is 0 Å². The van der Waals surface area contributed by atoms with Crippen molar-refractivity contribution in [2.45, 2.75) is 12.1 Å². The number of hydrogen-bond donors (Lipinski definition) is 0. The van der Waals surface area contributed by atoms with Crippen LogP contribution >= 0.6 is 7.26 Å². The van der Waals surface area contributed by atoms with E-state index >= 15 is 0 Å². The average molecular weight is 503 g/mol. The van der Waals surface area contributed by atoms with Crippen LogP contribution in [-0.2, 0) is 4.79 Å². The van der Waals surface area contributed by atoms with Gasteiger partial charge in [-0.3, -0.25) is 9.78 Å². The Morgan fingerprint density at radius 1 is 0.719 bits per heavy atom. The maximum atomic E-state index is 14.0. The number of benzene rings is 3. The van der Waals surface area contributed by atoms with Crippen molar-refractivity contribution in [2.24, 2.45) is 0 Å². The van der Waals surface area contributed by atoms with Gasteiger partial charge in [0, 0.05) is 19.2 Å². The van der Waals surface area contributed by atoms with E-state index in [1.807, 2.05) is 35.2 Å². The minimum atomic E-state index is -2.23. The smallest absolute Gasteiger partial charge is 0.269 e. The van der Waals surface area contributed by atoms with Crippen LogP contribution in [0.2, 0.25) is 0 Å². The van der Waals surface area contributed by atoms with Crippen molar-refractivity contribution in [3.05, 3.63) is 116 Å². The maximum absolute atomic E-state index is 14.0. The van der Waals surface area contributed by atoms with Crippen molar-refractivity contribution in [2.75, 3.05) is 11.4 Å². The van der Waals surface area contributed by atoms with Gasteiger partial charge >= 0.3 is 0 Å². The summed E-state index contributed by atoms with van der Waals surface area (Å²) in [6.45, 7) is 0.712. The van der Waals surface area contributed by atoms with Crippen LogP contribution in [0.15, 0.2) is 116 Å². The first-order chi connectivity index (χ1) is 15.3. The molecule has 3 nitrogen and oxygen atoms in total. The molecule has 0 spiro atoms. The van der Waals surface area contributed by atoms with Gasteiger partial charge in [-0.2, -0.15) is 0 Å². The predicted octanol–water partition coefficient (Wildman–Crippen LogP) is 1.18. The second kappa shape index (κ2) is 9.77. The minimum absolute atomic E-state index is 0. The van der Waals surface area contributed by atoms with E-state index in [1.54, 1.807) is 12.4 Å². The zero-order chi connectivity index (χ0) is 21.1. The van der Waals surface area contributed by atoms with E-state index in [1.165, 1.54) is 15.9 Å². The highest BCUT2D eigenvalue weighted by atomic mass is 79.9. The number of carbonyl (C=O) groups is 1. The molecule has 0 bridgehead atoms. The third kappa shape index (κ3) is 3.79. The van der Waals surface area contributed by atoms with E-state index in [9.17, 15) is 4.79 Å². The molecule has 1 amide bonds. The molecule has 160 valence electrons. The number of carbonyl (C=O) groups excluding carboxylic acids is 1. The first-order valence-electron chi connectivity index (χ1n) is 10.6. The Morgan fingerprint density at radius 2 is 1.22 bits per heavy atom. The summed E-state index contributed by atoms with van der Waals surface area (Å²) in [6, 6.07) is 35.8. The summed E-state index contributed by atoms with van der Waals surface area (Å²) in [7, 11) is -2.23. The number of pyridine rings is 1. The molecule has 1 unspecified atom stereocenters. The Morgan fingerprint density at radius 3 is 1.66 bits per heavy atom. The fourth-order valence-corrected chi connectivity index (χ4v) is 9.65. The second-order valence-electron chi connectivity index (χ2n) is 7.73. The molecule has 0 aliphatic carbocycles. The fraction of sp³-hybridized carbons (Fsp3) is 0.111. The summed E-state index contributed by atoms with van der Waals surface area (Å²) in [5.74, 6) is 0.192. The number of nitrogens with zero attached hydrogens (tertiary/aromatic N) is 2. The molecule has 1 fully saturated rings. The lowest BCUT2D eigenvalue weighted by Crippen LogP contribution is -3.00. The molecular formula is C27H24BrN2OP. The topological polar surface area (TPSA) is 33.2 Å².